The van der Waals surface area contributed by atoms with Crippen LogP contribution in [0.2, 0.25) is 0 Å². The first-order valence-electron chi connectivity index (χ1n) is 11.4. The zero-order valence-corrected chi connectivity index (χ0v) is 19.6. The smallest absolute Gasteiger partial charge is 0.360 e. The maximum atomic E-state index is 12.6. The van der Waals surface area contributed by atoms with E-state index < -0.39 is 11.7 Å². The average molecular weight is 450 g/mol. The molecular weight excluding hydrogens is 418 g/mol. The molecule has 2 N–H and O–H groups in total. The zero-order chi connectivity index (χ0) is 23.5. The summed E-state index contributed by atoms with van der Waals surface area (Å²) in [6.45, 7) is 8.07. The summed E-state index contributed by atoms with van der Waals surface area (Å²) < 4.78 is 11.8. The molecule has 1 aliphatic heterocycles. The molecule has 7 heteroatoms. The summed E-state index contributed by atoms with van der Waals surface area (Å²) in [5.41, 5.74) is 2.52. The number of urea groups is 1. The Hall–Kier alpha value is -3.32. The fourth-order valence-electron chi connectivity index (χ4n) is 4.06. The molecule has 7 nitrogen and oxygen atoms in total. The molecule has 1 aliphatic rings. The SMILES string of the molecule is Cc1c(OC2CCN(C)CC2)ccc2cc(NC(=O)Nc3cccc(C(C)C)c3)c(=O)oc12. The van der Waals surface area contributed by atoms with Gasteiger partial charge in [-0.1, -0.05) is 26.0 Å². The van der Waals surface area contributed by atoms with E-state index in [4.69, 9.17) is 9.15 Å². The molecular formula is C26H31N3O4. The van der Waals surface area contributed by atoms with Crippen LogP contribution in [0, 0.1) is 6.92 Å². The van der Waals surface area contributed by atoms with E-state index in [0.29, 0.717) is 17.2 Å². The minimum absolute atomic E-state index is 0.0865. The number of rotatable bonds is 5. The van der Waals surface area contributed by atoms with Crippen LogP contribution in [0.5, 0.6) is 5.75 Å². The molecule has 4 rings (SSSR count). The van der Waals surface area contributed by atoms with E-state index in [1.165, 1.54) is 0 Å². The molecule has 0 unspecified atom stereocenters. The Morgan fingerprint density at radius 1 is 1.12 bits per heavy atom. The summed E-state index contributed by atoms with van der Waals surface area (Å²) in [5, 5.41) is 6.11. The quantitative estimate of drug-likeness (QED) is 0.514. The third-order valence-electron chi connectivity index (χ3n) is 6.12. The van der Waals surface area contributed by atoms with Crippen molar-refractivity contribution >= 4 is 28.4 Å². The van der Waals surface area contributed by atoms with Gasteiger partial charge >= 0.3 is 11.7 Å². The highest BCUT2D eigenvalue weighted by Gasteiger charge is 2.20. The van der Waals surface area contributed by atoms with E-state index in [1.54, 1.807) is 6.07 Å². The van der Waals surface area contributed by atoms with E-state index in [2.05, 4.69) is 36.4 Å². The van der Waals surface area contributed by atoms with Crippen LogP contribution in [0.4, 0.5) is 16.2 Å². The van der Waals surface area contributed by atoms with E-state index in [1.807, 2.05) is 43.3 Å². The predicted molar refractivity (Wildman–Crippen MR) is 132 cm³/mol. The third-order valence-corrected chi connectivity index (χ3v) is 6.12. The van der Waals surface area contributed by atoms with Crippen LogP contribution in [0.3, 0.4) is 0 Å². The molecule has 0 spiro atoms. The molecule has 0 radical (unpaired) electrons. The maximum Gasteiger partial charge on any atom is 0.360 e. The van der Waals surface area contributed by atoms with E-state index in [9.17, 15) is 9.59 Å². The lowest BCUT2D eigenvalue weighted by Gasteiger charge is -2.29. The molecule has 0 bridgehead atoms. The van der Waals surface area contributed by atoms with Gasteiger partial charge in [0.2, 0.25) is 0 Å². The monoisotopic (exact) mass is 449 g/mol. The molecule has 2 heterocycles. The normalized spacial score (nSPS) is 15.1. The van der Waals surface area contributed by atoms with Crippen LogP contribution < -0.4 is 21.0 Å². The summed E-state index contributed by atoms with van der Waals surface area (Å²) in [5.74, 6) is 1.07. The Morgan fingerprint density at radius 2 is 1.88 bits per heavy atom. The highest BCUT2D eigenvalue weighted by atomic mass is 16.5. The van der Waals surface area contributed by atoms with Crippen molar-refractivity contribution in [1.82, 2.24) is 4.90 Å². The van der Waals surface area contributed by atoms with Gasteiger partial charge in [-0.15, -0.1) is 0 Å². The van der Waals surface area contributed by atoms with Gasteiger partial charge in [0.15, 0.2) is 0 Å². The first-order chi connectivity index (χ1) is 15.8. The summed E-state index contributed by atoms with van der Waals surface area (Å²) >= 11 is 0. The minimum atomic E-state index is -0.604. The summed E-state index contributed by atoms with van der Waals surface area (Å²) in [6, 6.07) is 12.5. The van der Waals surface area contributed by atoms with Crippen LogP contribution in [0.15, 0.2) is 51.7 Å². The van der Waals surface area contributed by atoms with Crippen molar-refractivity contribution in [3.63, 3.8) is 0 Å². The maximum absolute atomic E-state index is 12.6. The Labute approximate surface area is 193 Å². The Morgan fingerprint density at radius 3 is 2.61 bits per heavy atom. The molecule has 33 heavy (non-hydrogen) atoms. The molecule has 0 aliphatic carbocycles. The molecule has 1 saturated heterocycles. The molecule has 0 atom stereocenters. The number of hydrogen-bond donors (Lipinski definition) is 2. The summed E-state index contributed by atoms with van der Waals surface area (Å²) in [7, 11) is 2.11. The number of nitrogens with zero attached hydrogens (tertiary/aromatic N) is 1. The molecule has 3 aromatic rings. The highest BCUT2D eigenvalue weighted by Crippen LogP contribution is 2.30. The van der Waals surface area contributed by atoms with Gasteiger partial charge in [-0.2, -0.15) is 0 Å². The molecule has 1 fully saturated rings. The number of aryl methyl sites for hydroxylation is 1. The summed E-state index contributed by atoms with van der Waals surface area (Å²) in [4.78, 5) is 27.4. The Bertz CT molecular complexity index is 1210. The number of fused-ring (bicyclic) bond motifs is 1. The van der Waals surface area contributed by atoms with Gasteiger partial charge in [0.25, 0.3) is 0 Å². The van der Waals surface area contributed by atoms with Crippen molar-refractivity contribution in [2.24, 2.45) is 0 Å². The van der Waals surface area contributed by atoms with Gasteiger partial charge in [0.1, 0.15) is 23.1 Å². The van der Waals surface area contributed by atoms with Gasteiger partial charge in [-0.05, 0) is 68.6 Å². The van der Waals surface area contributed by atoms with E-state index in [0.717, 1.165) is 48.2 Å². The van der Waals surface area contributed by atoms with E-state index in [-0.39, 0.29) is 11.8 Å². The van der Waals surface area contributed by atoms with Crippen LogP contribution in [0.25, 0.3) is 11.0 Å². The fourth-order valence-corrected chi connectivity index (χ4v) is 4.06. The molecule has 0 saturated carbocycles. The Kier molecular flexibility index (Phi) is 6.70. The van der Waals surface area contributed by atoms with Gasteiger partial charge in [0.05, 0.1) is 0 Å². The van der Waals surface area contributed by atoms with Crippen molar-refractivity contribution in [3.8, 4) is 5.75 Å². The second-order valence-corrected chi connectivity index (χ2v) is 9.03. The van der Waals surface area contributed by atoms with Gasteiger partial charge in [0, 0.05) is 29.7 Å². The predicted octanol–water partition coefficient (Wildman–Crippen LogP) is 5.34. The molecule has 174 valence electrons. The molecule has 2 amide bonds. The third kappa shape index (κ3) is 5.37. The standard InChI is InChI=1S/C26H31N3O4/c1-16(2)18-6-5-7-20(14-18)27-26(31)28-22-15-19-8-9-23(17(3)24(19)33-25(22)30)32-21-10-12-29(4)13-11-21/h5-9,14-16,21H,10-13H2,1-4H3,(H2,27,28,31). The Balaban J connectivity index is 1.50. The van der Waals surface area contributed by atoms with Crippen molar-refractivity contribution in [2.75, 3.05) is 30.8 Å². The van der Waals surface area contributed by atoms with Crippen LogP contribution in [-0.4, -0.2) is 37.2 Å². The van der Waals surface area contributed by atoms with Crippen LogP contribution >= 0.6 is 0 Å². The number of ether oxygens (including phenoxy) is 1. The van der Waals surface area contributed by atoms with Crippen LogP contribution in [0.1, 0.15) is 43.7 Å². The number of benzene rings is 2. The van der Waals surface area contributed by atoms with Crippen LogP contribution in [-0.2, 0) is 0 Å². The first kappa shape index (κ1) is 22.9. The van der Waals surface area contributed by atoms with Crippen molar-refractivity contribution < 1.29 is 13.9 Å². The van der Waals surface area contributed by atoms with Gasteiger partial charge in [-0.3, -0.25) is 0 Å². The van der Waals surface area contributed by atoms with Gasteiger partial charge in [-0.25, -0.2) is 9.59 Å². The summed E-state index contributed by atoms with van der Waals surface area (Å²) in [6.07, 6.45) is 2.09. The molecule has 2 aromatic carbocycles. The first-order valence-corrected chi connectivity index (χ1v) is 11.4. The highest BCUT2D eigenvalue weighted by molar-refractivity contribution is 6.00. The largest absolute Gasteiger partial charge is 0.490 e. The van der Waals surface area contributed by atoms with Gasteiger partial charge < -0.3 is 24.7 Å². The lowest BCUT2D eigenvalue weighted by Crippen LogP contribution is -2.35. The van der Waals surface area contributed by atoms with Crippen molar-refractivity contribution in [2.45, 2.75) is 45.6 Å². The topological polar surface area (TPSA) is 83.8 Å². The van der Waals surface area contributed by atoms with Crippen molar-refractivity contribution in [1.29, 1.82) is 0 Å². The number of nitrogens with one attached hydrogen (secondary N) is 2. The average Bonchev–Trinajstić information content (AvgIpc) is 2.78. The number of carbonyl (C=O) groups is 1. The number of piperidine rings is 1. The number of carbonyl (C=O) groups excluding carboxylic acids is 1. The van der Waals surface area contributed by atoms with Crippen molar-refractivity contribution in [3.05, 3.63) is 64.0 Å². The number of amides is 2. The second kappa shape index (κ2) is 9.67. The zero-order valence-electron chi connectivity index (χ0n) is 19.6. The fraction of sp³-hybridized carbons (Fsp3) is 0.385. The lowest BCUT2D eigenvalue weighted by atomic mass is 10.0. The number of hydrogen-bond acceptors (Lipinski definition) is 5. The van der Waals surface area contributed by atoms with E-state index >= 15 is 0 Å². The minimum Gasteiger partial charge on any atom is -0.490 e. The second-order valence-electron chi connectivity index (χ2n) is 9.03. The number of anilines is 2. The lowest BCUT2D eigenvalue weighted by molar-refractivity contribution is 0.113. The molecule has 1 aromatic heterocycles. The number of likely N-dealkylation sites (tertiary alicyclic amines) is 1.